The Balaban J connectivity index is 2.83. The van der Waals surface area contributed by atoms with Crippen molar-refractivity contribution in [3.63, 3.8) is 0 Å². The van der Waals surface area contributed by atoms with Crippen LogP contribution in [0.2, 0.25) is 0 Å². The Morgan fingerprint density at radius 3 is 2.24 bits per heavy atom. The summed E-state index contributed by atoms with van der Waals surface area (Å²) in [6.07, 6.45) is -0.672. The lowest BCUT2D eigenvalue weighted by Gasteiger charge is -2.18. The molecule has 94 valence electrons. The first-order chi connectivity index (χ1) is 8.13. The summed E-state index contributed by atoms with van der Waals surface area (Å²) in [5, 5.41) is 9.53. The van der Waals surface area contributed by atoms with E-state index in [0.717, 1.165) is 5.56 Å². The summed E-state index contributed by atoms with van der Waals surface area (Å²) in [4.78, 5) is 13.8. The fourth-order valence-corrected chi connectivity index (χ4v) is 1.81. The molecule has 0 aromatic heterocycles. The maximum atomic E-state index is 12.0. The van der Waals surface area contributed by atoms with Gasteiger partial charge in [-0.2, -0.15) is 0 Å². The minimum atomic E-state index is -0.672. The van der Waals surface area contributed by atoms with Crippen molar-refractivity contribution in [2.75, 3.05) is 19.0 Å². The van der Waals surface area contributed by atoms with Gasteiger partial charge < -0.3 is 10.0 Å². The third-order valence-corrected chi connectivity index (χ3v) is 3.03. The van der Waals surface area contributed by atoms with E-state index in [4.69, 9.17) is 11.6 Å². The van der Waals surface area contributed by atoms with Crippen molar-refractivity contribution in [3.8, 4) is 0 Å². The molecule has 0 spiro atoms. The van der Waals surface area contributed by atoms with Crippen LogP contribution in [-0.2, 0) is 0 Å². The zero-order valence-electron chi connectivity index (χ0n) is 10.2. The summed E-state index contributed by atoms with van der Waals surface area (Å²) in [6, 6.07) is 6.94. The number of aliphatic hydroxyl groups excluding tert-OH is 1. The van der Waals surface area contributed by atoms with Crippen LogP contribution in [0.1, 0.15) is 35.9 Å². The highest BCUT2D eigenvalue weighted by atomic mass is 35.5. The Morgan fingerprint density at radius 1 is 1.29 bits per heavy atom. The molecule has 1 aromatic carbocycles. The van der Waals surface area contributed by atoms with Crippen LogP contribution in [0.4, 0.5) is 0 Å². The number of hydrogen-bond acceptors (Lipinski definition) is 2. The maximum Gasteiger partial charge on any atom is 0.253 e. The molecule has 0 radical (unpaired) electrons. The monoisotopic (exact) mass is 255 g/mol. The molecule has 0 fully saturated rings. The van der Waals surface area contributed by atoms with Crippen molar-refractivity contribution in [3.05, 3.63) is 35.4 Å². The van der Waals surface area contributed by atoms with E-state index in [1.165, 1.54) is 0 Å². The Morgan fingerprint density at radius 2 is 1.82 bits per heavy atom. The average molecular weight is 256 g/mol. The van der Waals surface area contributed by atoms with Crippen molar-refractivity contribution in [2.45, 2.75) is 20.0 Å². The molecular formula is C13H18ClNO2. The number of carbonyl (C=O) groups excluding carboxylic acids is 1. The van der Waals surface area contributed by atoms with E-state index < -0.39 is 6.10 Å². The predicted octanol–water partition coefficient (Wildman–Crippen LogP) is 2.44. The van der Waals surface area contributed by atoms with Crippen molar-refractivity contribution >= 4 is 17.5 Å². The molecule has 0 aliphatic heterocycles. The zero-order chi connectivity index (χ0) is 12.8. The van der Waals surface area contributed by atoms with E-state index in [2.05, 4.69) is 0 Å². The summed E-state index contributed by atoms with van der Waals surface area (Å²) >= 11 is 5.56. The number of halogens is 1. The van der Waals surface area contributed by atoms with Gasteiger partial charge in [0.2, 0.25) is 0 Å². The SMILES string of the molecule is CCN(CC)C(=O)c1ccc(C(O)CCl)cc1. The largest absolute Gasteiger partial charge is 0.387 e. The van der Waals surface area contributed by atoms with Crippen LogP contribution < -0.4 is 0 Å². The van der Waals surface area contributed by atoms with E-state index in [-0.39, 0.29) is 11.8 Å². The highest BCUT2D eigenvalue weighted by Crippen LogP contribution is 2.15. The van der Waals surface area contributed by atoms with Gasteiger partial charge in [0.25, 0.3) is 5.91 Å². The quantitative estimate of drug-likeness (QED) is 0.821. The van der Waals surface area contributed by atoms with Gasteiger partial charge in [-0.25, -0.2) is 0 Å². The molecule has 1 atom stereocenters. The summed E-state index contributed by atoms with van der Waals surface area (Å²) in [5.74, 6) is 0.172. The summed E-state index contributed by atoms with van der Waals surface area (Å²) in [7, 11) is 0. The first kappa shape index (κ1) is 14.0. The van der Waals surface area contributed by atoms with Crippen LogP contribution in [0.15, 0.2) is 24.3 Å². The molecule has 1 N–H and O–H groups in total. The van der Waals surface area contributed by atoms with Crippen LogP contribution in [0, 0.1) is 0 Å². The Labute approximate surface area is 107 Å². The molecule has 1 unspecified atom stereocenters. The van der Waals surface area contributed by atoms with E-state index in [1.807, 2.05) is 13.8 Å². The van der Waals surface area contributed by atoms with E-state index in [9.17, 15) is 9.90 Å². The Kier molecular flexibility index (Phi) is 5.45. The third-order valence-electron chi connectivity index (χ3n) is 2.74. The number of amides is 1. The van der Waals surface area contributed by atoms with Gasteiger partial charge in [0, 0.05) is 18.7 Å². The zero-order valence-corrected chi connectivity index (χ0v) is 10.9. The number of benzene rings is 1. The molecular weight excluding hydrogens is 238 g/mol. The van der Waals surface area contributed by atoms with Crippen LogP contribution in [0.5, 0.6) is 0 Å². The van der Waals surface area contributed by atoms with Gasteiger partial charge >= 0.3 is 0 Å². The smallest absolute Gasteiger partial charge is 0.253 e. The highest BCUT2D eigenvalue weighted by Gasteiger charge is 2.13. The lowest BCUT2D eigenvalue weighted by atomic mass is 10.1. The van der Waals surface area contributed by atoms with Gasteiger partial charge in [-0.05, 0) is 31.5 Å². The Hall–Kier alpha value is -1.06. The molecule has 0 aliphatic rings. The van der Waals surface area contributed by atoms with Crippen LogP contribution in [0.3, 0.4) is 0 Å². The molecule has 17 heavy (non-hydrogen) atoms. The molecule has 1 amide bonds. The molecule has 0 saturated carbocycles. The third kappa shape index (κ3) is 3.45. The van der Waals surface area contributed by atoms with Crippen LogP contribution >= 0.6 is 11.6 Å². The van der Waals surface area contributed by atoms with Gasteiger partial charge in [-0.3, -0.25) is 4.79 Å². The lowest BCUT2D eigenvalue weighted by Crippen LogP contribution is -2.30. The van der Waals surface area contributed by atoms with E-state index in [1.54, 1.807) is 29.2 Å². The second-order valence-corrected chi connectivity index (χ2v) is 4.08. The van der Waals surface area contributed by atoms with E-state index >= 15 is 0 Å². The van der Waals surface area contributed by atoms with Crippen molar-refractivity contribution in [2.24, 2.45) is 0 Å². The van der Waals surface area contributed by atoms with Crippen LogP contribution in [0.25, 0.3) is 0 Å². The summed E-state index contributed by atoms with van der Waals surface area (Å²) in [6.45, 7) is 5.29. The van der Waals surface area contributed by atoms with Crippen molar-refractivity contribution in [1.29, 1.82) is 0 Å². The number of aliphatic hydroxyl groups is 1. The second-order valence-electron chi connectivity index (χ2n) is 3.77. The van der Waals surface area contributed by atoms with Gasteiger partial charge in [0.15, 0.2) is 0 Å². The normalized spacial score (nSPS) is 12.2. The molecule has 1 aromatic rings. The number of rotatable bonds is 5. The summed E-state index contributed by atoms with van der Waals surface area (Å²) in [5.41, 5.74) is 1.37. The number of nitrogens with zero attached hydrogens (tertiary/aromatic N) is 1. The predicted molar refractivity (Wildman–Crippen MR) is 69.4 cm³/mol. The first-order valence-electron chi connectivity index (χ1n) is 5.77. The Bertz CT molecular complexity index is 360. The minimum absolute atomic E-state index is 0.0157. The molecule has 4 heteroatoms. The standard InChI is InChI=1S/C13H18ClNO2/c1-3-15(4-2)13(17)11-7-5-10(6-8-11)12(16)9-14/h5-8,12,16H,3-4,9H2,1-2H3. The van der Waals surface area contributed by atoms with Gasteiger partial charge in [-0.15, -0.1) is 11.6 Å². The first-order valence-corrected chi connectivity index (χ1v) is 6.30. The minimum Gasteiger partial charge on any atom is -0.387 e. The van der Waals surface area contributed by atoms with E-state index in [0.29, 0.717) is 18.7 Å². The number of carbonyl (C=O) groups is 1. The fourth-order valence-electron chi connectivity index (χ4n) is 1.63. The van der Waals surface area contributed by atoms with Gasteiger partial charge in [0.05, 0.1) is 12.0 Å². The molecule has 0 heterocycles. The summed E-state index contributed by atoms with van der Waals surface area (Å²) < 4.78 is 0. The molecule has 3 nitrogen and oxygen atoms in total. The number of hydrogen-bond donors (Lipinski definition) is 1. The average Bonchev–Trinajstić information content (AvgIpc) is 2.39. The highest BCUT2D eigenvalue weighted by molar-refractivity contribution is 6.18. The topological polar surface area (TPSA) is 40.5 Å². The van der Waals surface area contributed by atoms with Gasteiger partial charge in [-0.1, -0.05) is 12.1 Å². The van der Waals surface area contributed by atoms with Crippen LogP contribution in [-0.4, -0.2) is 34.9 Å². The molecule has 1 rings (SSSR count). The lowest BCUT2D eigenvalue weighted by molar-refractivity contribution is 0.0773. The molecule has 0 bridgehead atoms. The van der Waals surface area contributed by atoms with Crippen molar-refractivity contribution in [1.82, 2.24) is 4.90 Å². The van der Waals surface area contributed by atoms with Crippen molar-refractivity contribution < 1.29 is 9.90 Å². The van der Waals surface area contributed by atoms with Gasteiger partial charge in [0.1, 0.15) is 0 Å². The molecule has 0 aliphatic carbocycles. The fraction of sp³-hybridized carbons (Fsp3) is 0.462. The molecule has 0 saturated heterocycles. The number of alkyl halides is 1. The second kappa shape index (κ2) is 6.62. The maximum absolute atomic E-state index is 12.0.